The second-order valence-corrected chi connectivity index (χ2v) is 4.02. The monoisotopic (exact) mass is 262 g/mol. The molecule has 19 heavy (non-hydrogen) atoms. The number of benzene rings is 2. The highest BCUT2D eigenvalue weighted by atomic mass is 19.2. The zero-order chi connectivity index (χ0) is 14.0. The summed E-state index contributed by atoms with van der Waals surface area (Å²) in [5, 5.41) is 11.4. The van der Waals surface area contributed by atoms with Crippen LogP contribution >= 0.6 is 0 Å². The summed E-state index contributed by atoms with van der Waals surface area (Å²) < 4.78 is 39.5. The highest BCUT2D eigenvalue weighted by molar-refractivity contribution is 5.62. The van der Waals surface area contributed by atoms with Gasteiger partial charge in [-0.05, 0) is 30.7 Å². The Kier molecular flexibility index (Phi) is 3.43. The highest BCUT2D eigenvalue weighted by Crippen LogP contribution is 2.24. The lowest BCUT2D eigenvalue weighted by molar-refractivity contribution is 0.498. The molecule has 0 spiro atoms. The molecule has 2 nitrogen and oxygen atoms in total. The molecule has 0 amide bonds. The Labute approximate surface area is 108 Å². The van der Waals surface area contributed by atoms with Crippen LogP contribution in [0.3, 0.4) is 0 Å². The lowest BCUT2D eigenvalue weighted by Gasteiger charge is -2.09. The van der Waals surface area contributed by atoms with Crippen LogP contribution in [0.15, 0.2) is 30.3 Å². The van der Waals surface area contributed by atoms with E-state index in [0.29, 0.717) is 22.9 Å². The summed E-state index contributed by atoms with van der Waals surface area (Å²) in [7, 11) is 0. The summed E-state index contributed by atoms with van der Waals surface area (Å²) in [6, 6.07) is 8.02. The normalized spacial score (nSPS) is 10.1. The van der Waals surface area contributed by atoms with Crippen molar-refractivity contribution >= 4 is 11.4 Å². The molecule has 0 fully saturated rings. The van der Waals surface area contributed by atoms with Crippen LogP contribution in [0.2, 0.25) is 0 Å². The minimum Gasteiger partial charge on any atom is -0.353 e. The van der Waals surface area contributed by atoms with E-state index in [2.05, 4.69) is 5.32 Å². The Morgan fingerprint density at radius 1 is 1.11 bits per heavy atom. The van der Waals surface area contributed by atoms with Crippen molar-refractivity contribution in [1.82, 2.24) is 0 Å². The van der Waals surface area contributed by atoms with Crippen molar-refractivity contribution in [3.8, 4) is 6.07 Å². The fraction of sp³-hybridized carbons (Fsp3) is 0.0714. The van der Waals surface area contributed by atoms with E-state index < -0.39 is 17.5 Å². The Morgan fingerprint density at radius 2 is 1.84 bits per heavy atom. The fourth-order valence-corrected chi connectivity index (χ4v) is 1.67. The van der Waals surface area contributed by atoms with Crippen molar-refractivity contribution in [3.63, 3.8) is 0 Å². The van der Waals surface area contributed by atoms with Gasteiger partial charge in [-0.15, -0.1) is 0 Å². The molecule has 2 aromatic carbocycles. The van der Waals surface area contributed by atoms with Gasteiger partial charge in [0.05, 0.1) is 17.3 Å². The number of rotatable bonds is 2. The smallest absolute Gasteiger partial charge is 0.182 e. The van der Waals surface area contributed by atoms with Gasteiger partial charge in [0.25, 0.3) is 0 Å². The van der Waals surface area contributed by atoms with Gasteiger partial charge in [-0.1, -0.05) is 0 Å². The van der Waals surface area contributed by atoms with Crippen molar-refractivity contribution in [2.24, 2.45) is 0 Å². The first-order valence-electron chi connectivity index (χ1n) is 5.43. The van der Waals surface area contributed by atoms with Crippen molar-refractivity contribution in [1.29, 1.82) is 5.26 Å². The van der Waals surface area contributed by atoms with E-state index in [0.717, 1.165) is 6.07 Å². The minimum atomic E-state index is -1.26. The minimum absolute atomic E-state index is 0.290. The van der Waals surface area contributed by atoms with Gasteiger partial charge < -0.3 is 5.32 Å². The highest BCUT2D eigenvalue weighted by Gasteiger charge is 2.11. The standard InChI is InChI=1S/C14H9F3N2/c1-8-4-11(3-2-9(8)7-18)19-13-6-10(15)5-12(16)14(13)17/h2-6,19H,1H3. The number of nitriles is 1. The predicted octanol–water partition coefficient (Wildman–Crippen LogP) is 4.03. The van der Waals surface area contributed by atoms with E-state index in [-0.39, 0.29) is 5.69 Å². The molecule has 0 aliphatic carbocycles. The summed E-state index contributed by atoms with van der Waals surface area (Å²) in [6.07, 6.45) is 0. The number of halogens is 3. The number of hydrogen-bond acceptors (Lipinski definition) is 2. The molecule has 0 atom stereocenters. The molecule has 0 saturated heterocycles. The number of nitrogens with one attached hydrogen (secondary N) is 1. The molecule has 96 valence electrons. The molecule has 0 saturated carbocycles. The van der Waals surface area contributed by atoms with E-state index in [1.54, 1.807) is 19.1 Å². The third kappa shape index (κ3) is 2.68. The molecule has 2 aromatic rings. The predicted molar refractivity (Wildman–Crippen MR) is 65.5 cm³/mol. The van der Waals surface area contributed by atoms with Crippen LogP contribution < -0.4 is 5.32 Å². The van der Waals surface area contributed by atoms with Gasteiger partial charge in [0.1, 0.15) is 5.82 Å². The van der Waals surface area contributed by atoms with Crippen molar-refractivity contribution in [2.45, 2.75) is 6.92 Å². The van der Waals surface area contributed by atoms with Gasteiger partial charge in [0.2, 0.25) is 0 Å². The number of nitrogens with zero attached hydrogens (tertiary/aromatic N) is 1. The zero-order valence-corrected chi connectivity index (χ0v) is 9.97. The maximum Gasteiger partial charge on any atom is 0.182 e. The van der Waals surface area contributed by atoms with Crippen LogP contribution in [0.25, 0.3) is 0 Å². The van der Waals surface area contributed by atoms with E-state index in [1.807, 2.05) is 6.07 Å². The lowest BCUT2D eigenvalue weighted by Crippen LogP contribution is -1.98. The van der Waals surface area contributed by atoms with Crippen molar-refractivity contribution in [2.75, 3.05) is 5.32 Å². The van der Waals surface area contributed by atoms with Crippen molar-refractivity contribution < 1.29 is 13.2 Å². The molecule has 0 aliphatic heterocycles. The first-order valence-corrected chi connectivity index (χ1v) is 5.43. The first-order chi connectivity index (χ1) is 9.01. The van der Waals surface area contributed by atoms with Crippen LogP contribution in [0.5, 0.6) is 0 Å². The Bertz CT molecular complexity index is 675. The third-order valence-electron chi connectivity index (χ3n) is 2.62. The average molecular weight is 262 g/mol. The Balaban J connectivity index is 2.37. The summed E-state index contributed by atoms with van der Waals surface area (Å²) in [5.41, 5.74) is 1.32. The van der Waals surface area contributed by atoms with Gasteiger partial charge >= 0.3 is 0 Å². The topological polar surface area (TPSA) is 35.8 Å². The summed E-state index contributed by atoms with van der Waals surface area (Å²) in [6.45, 7) is 1.71. The molecule has 0 heterocycles. The summed E-state index contributed by atoms with van der Waals surface area (Å²) in [4.78, 5) is 0. The zero-order valence-electron chi connectivity index (χ0n) is 9.97. The maximum absolute atomic E-state index is 13.5. The average Bonchev–Trinajstić information content (AvgIpc) is 2.35. The molecular weight excluding hydrogens is 253 g/mol. The Morgan fingerprint density at radius 3 is 2.47 bits per heavy atom. The second-order valence-electron chi connectivity index (χ2n) is 4.02. The van der Waals surface area contributed by atoms with Crippen LogP contribution in [-0.4, -0.2) is 0 Å². The van der Waals surface area contributed by atoms with Gasteiger partial charge in [-0.25, -0.2) is 13.2 Å². The van der Waals surface area contributed by atoms with Crippen LogP contribution in [0.4, 0.5) is 24.5 Å². The Hall–Kier alpha value is -2.48. The molecular formula is C14H9F3N2. The van der Waals surface area contributed by atoms with Gasteiger partial charge in [-0.2, -0.15) is 5.26 Å². The van der Waals surface area contributed by atoms with Crippen molar-refractivity contribution in [3.05, 3.63) is 58.9 Å². The lowest BCUT2D eigenvalue weighted by atomic mass is 10.1. The van der Waals surface area contributed by atoms with E-state index in [4.69, 9.17) is 5.26 Å². The first kappa shape index (κ1) is 13.0. The summed E-state index contributed by atoms with van der Waals surface area (Å²) in [5.74, 6) is -3.27. The van der Waals surface area contributed by atoms with Crippen LogP contribution in [0.1, 0.15) is 11.1 Å². The summed E-state index contributed by atoms with van der Waals surface area (Å²) >= 11 is 0. The molecule has 0 unspecified atom stereocenters. The molecule has 1 N–H and O–H groups in total. The maximum atomic E-state index is 13.5. The molecule has 0 aromatic heterocycles. The largest absolute Gasteiger partial charge is 0.353 e. The molecule has 0 bridgehead atoms. The molecule has 2 rings (SSSR count). The number of anilines is 2. The number of hydrogen-bond donors (Lipinski definition) is 1. The van der Waals surface area contributed by atoms with Gasteiger partial charge in [-0.3, -0.25) is 0 Å². The molecule has 0 aliphatic rings. The molecule has 0 radical (unpaired) electrons. The van der Waals surface area contributed by atoms with E-state index >= 15 is 0 Å². The van der Waals surface area contributed by atoms with E-state index in [9.17, 15) is 13.2 Å². The van der Waals surface area contributed by atoms with Gasteiger partial charge in [0, 0.05) is 17.8 Å². The quantitative estimate of drug-likeness (QED) is 0.829. The van der Waals surface area contributed by atoms with Crippen LogP contribution in [0, 0.1) is 35.7 Å². The fourth-order valence-electron chi connectivity index (χ4n) is 1.67. The van der Waals surface area contributed by atoms with Crippen LogP contribution in [-0.2, 0) is 0 Å². The third-order valence-corrected chi connectivity index (χ3v) is 2.62. The van der Waals surface area contributed by atoms with Gasteiger partial charge in [0.15, 0.2) is 11.6 Å². The van der Waals surface area contributed by atoms with E-state index in [1.165, 1.54) is 6.07 Å². The SMILES string of the molecule is Cc1cc(Nc2cc(F)cc(F)c2F)ccc1C#N. The number of aryl methyl sites for hydroxylation is 1. The second kappa shape index (κ2) is 5.02. The molecule has 5 heteroatoms.